The van der Waals surface area contributed by atoms with E-state index in [2.05, 4.69) is 15.4 Å². The normalized spacial score (nSPS) is 11.7. The van der Waals surface area contributed by atoms with Gasteiger partial charge in [0, 0.05) is 11.4 Å². The predicted molar refractivity (Wildman–Crippen MR) is 70.5 cm³/mol. The molecule has 0 aliphatic heterocycles. The van der Waals surface area contributed by atoms with E-state index < -0.39 is 0 Å². The maximum absolute atomic E-state index is 11.6. The zero-order valence-corrected chi connectivity index (χ0v) is 11.4. The van der Waals surface area contributed by atoms with E-state index in [1.807, 2.05) is 24.4 Å². The Hall–Kier alpha value is -1.56. The zero-order chi connectivity index (χ0) is 13.4. The van der Waals surface area contributed by atoms with Crippen molar-refractivity contribution in [3.05, 3.63) is 22.4 Å². The molecule has 1 atom stereocenters. The molecule has 2 amide bonds. The number of ether oxygens (including phenoxy) is 1. The fourth-order valence-corrected chi connectivity index (χ4v) is 2.19. The van der Waals surface area contributed by atoms with Crippen LogP contribution in [0.1, 0.15) is 30.7 Å². The monoisotopic (exact) mass is 270 g/mol. The van der Waals surface area contributed by atoms with Gasteiger partial charge in [-0.1, -0.05) is 13.0 Å². The minimum atomic E-state index is -0.343. The lowest BCUT2D eigenvalue weighted by molar-refractivity contribution is -0.141. The van der Waals surface area contributed by atoms with E-state index in [1.165, 1.54) is 18.4 Å². The van der Waals surface area contributed by atoms with Gasteiger partial charge >= 0.3 is 12.0 Å². The summed E-state index contributed by atoms with van der Waals surface area (Å²) in [7, 11) is 1.34. The first-order valence-electron chi connectivity index (χ1n) is 5.82. The Morgan fingerprint density at radius 2 is 2.28 bits per heavy atom. The fourth-order valence-electron chi connectivity index (χ4n) is 1.41. The van der Waals surface area contributed by atoms with Crippen LogP contribution in [0.25, 0.3) is 0 Å². The maximum Gasteiger partial charge on any atom is 0.315 e. The Balaban J connectivity index is 2.60. The number of carbonyl (C=O) groups excluding carboxylic acids is 2. The molecule has 0 aliphatic carbocycles. The van der Waals surface area contributed by atoms with E-state index in [-0.39, 0.29) is 24.5 Å². The van der Waals surface area contributed by atoms with Gasteiger partial charge in [-0.05, 0) is 17.9 Å². The molecule has 100 valence electrons. The van der Waals surface area contributed by atoms with Crippen LogP contribution in [0.3, 0.4) is 0 Å². The molecule has 6 heteroatoms. The van der Waals surface area contributed by atoms with Gasteiger partial charge in [0.1, 0.15) is 0 Å². The van der Waals surface area contributed by atoms with Crippen LogP contribution in [0.4, 0.5) is 4.79 Å². The fraction of sp³-hybridized carbons (Fsp3) is 0.500. The van der Waals surface area contributed by atoms with Crippen molar-refractivity contribution in [1.82, 2.24) is 10.6 Å². The largest absolute Gasteiger partial charge is 0.469 e. The second-order valence-corrected chi connectivity index (χ2v) is 4.73. The molecular formula is C12H18N2O3S. The quantitative estimate of drug-likeness (QED) is 0.777. The van der Waals surface area contributed by atoms with E-state index in [1.54, 1.807) is 0 Å². The van der Waals surface area contributed by atoms with E-state index in [0.29, 0.717) is 6.54 Å². The summed E-state index contributed by atoms with van der Waals surface area (Å²) in [6.07, 6.45) is 1.00. The average Bonchev–Trinajstić information content (AvgIpc) is 2.89. The van der Waals surface area contributed by atoms with Crippen molar-refractivity contribution in [3.8, 4) is 0 Å². The van der Waals surface area contributed by atoms with Gasteiger partial charge in [-0.2, -0.15) is 0 Å². The first-order chi connectivity index (χ1) is 8.67. The number of urea groups is 1. The summed E-state index contributed by atoms with van der Waals surface area (Å²) < 4.78 is 4.64. The highest BCUT2D eigenvalue weighted by molar-refractivity contribution is 7.10. The Morgan fingerprint density at radius 1 is 1.50 bits per heavy atom. The van der Waals surface area contributed by atoms with Gasteiger partial charge in [-0.3, -0.25) is 4.79 Å². The molecule has 0 saturated heterocycles. The molecule has 0 fully saturated rings. The number of esters is 1. The van der Waals surface area contributed by atoms with Crippen molar-refractivity contribution in [1.29, 1.82) is 0 Å². The molecule has 0 radical (unpaired) electrons. The van der Waals surface area contributed by atoms with Gasteiger partial charge in [0.05, 0.1) is 19.6 Å². The number of nitrogens with one attached hydrogen (secondary N) is 2. The Morgan fingerprint density at radius 3 is 2.83 bits per heavy atom. The van der Waals surface area contributed by atoms with Crippen LogP contribution in [-0.4, -0.2) is 25.7 Å². The van der Waals surface area contributed by atoms with Gasteiger partial charge in [0.25, 0.3) is 0 Å². The molecule has 5 nitrogen and oxygen atoms in total. The van der Waals surface area contributed by atoms with Crippen LogP contribution < -0.4 is 10.6 Å². The van der Waals surface area contributed by atoms with Crippen molar-refractivity contribution in [3.63, 3.8) is 0 Å². The summed E-state index contributed by atoms with van der Waals surface area (Å²) in [5.41, 5.74) is 0. The SMILES string of the molecule is CCCNC(=O)NC(CC(=O)OC)c1cccs1. The van der Waals surface area contributed by atoms with Gasteiger partial charge in [0.2, 0.25) is 0 Å². The minimum absolute atomic E-state index is 0.135. The van der Waals surface area contributed by atoms with Crippen LogP contribution in [0.5, 0.6) is 0 Å². The smallest absolute Gasteiger partial charge is 0.315 e. The topological polar surface area (TPSA) is 67.4 Å². The number of methoxy groups -OCH3 is 1. The third kappa shape index (κ3) is 4.75. The Kier molecular flexibility index (Phi) is 6.21. The molecule has 0 aliphatic rings. The molecule has 18 heavy (non-hydrogen) atoms. The number of rotatable bonds is 6. The lowest BCUT2D eigenvalue weighted by atomic mass is 10.2. The number of carbonyl (C=O) groups is 2. The Bertz CT molecular complexity index is 379. The number of hydrogen-bond donors (Lipinski definition) is 2. The van der Waals surface area contributed by atoms with Crippen molar-refractivity contribution in [2.24, 2.45) is 0 Å². The second-order valence-electron chi connectivity index (χ2n) is 3.75. The molecule has 1 aromatic heterocycles. The molecular weight excluding hydrogens is 252 g/mol. The molecule has 0 saturated carbocycles. The van der Waals surface area contributed by atoms with Crippen LogP contribution in [-0.2, 0) is 9.53 Å². The van der Waals surface area contributed by atoms with Crippen molar-refractivity contribution in [2.75, 3.05) is 13.7 Å². The summed E-state index contributed by atoms with van der Waals surface area (Å²) in [5.74, 6) is -0.343. The van der Waals surface area contributed by atoms with Crippen LogP contribution in [0.2, 0.25) is 0 Å². The molecule has 0 aromatic carbocycles. The molecule has 1 unspecified atom stereocenters. The van der Waals surface area contributed by atoms with Crippen molar-refractivity contribution < 1.29 is 14.3 Å². The summed E-state index contributed by atoms with van der Waals surface area (Å²) in [6.45, 7) is 2.59. The highest BCUT2D eigenvalue weighted by atomic mass is 32.1. The highest BCUT2D eigenvalue weighted by Crippen LogP contribution is 2.22. The Labute approximate surface area is 111 Å². The lowest BCUT2D eigenvalue weighted by Gasteiger charge is -2.16. The van der Waals surface area contributed by atoms with Gasteiger partial charge in [-0.15, -0.1) is 11.3 Å². The van der Waals surface area contributed by atoms with Crippen molar-refractivity contribution >= 4 is 23.3 Å². The second kappa shape index (κ2) is 7.71. The molecule has 1 aromatic rings. The van der Waals surface area contributed by atoms with Gasteiger partial charge in [-0.25, -0.2) is 4.79 Å². The third-order valence-corrected chi connectivity index (χ3v) is 3.31. The van der Waals surface area contributed by atoms with E-state index >= 15 is 0 Å². The predicted octanol–water partition coefficient (Wildman–Crippen LogP) is 2.06. The number of amides is 2. The summed E-state index contributed by atoms with van der Waals surface area (Å²) in [6, 6.07) is 3.17. The molecule has 1 heterocycles. The van der Waals surface area contributed by atoms with Crippen LogP contribution >= 0.6 is 11.3 Å². The van der Waals surface area contributed by atoms with E-state index in [4.69, 9.17) is 0 Å². The zero-order valence-electron chi connectivity index (χ0n) is 10.6. The van der Waals surface area contributed by atoms with Gasteiger partial charge < -0.3 is 15.4 Å². The average molecular weight is 270 g/mol. The molecule has 2 N–H and O–H groups in total. The third-order valence-electron chi connectivity index (χ3n) is 2.33. The number of thiophene rings is 1. The standard InChI is InChI=1S/C12H18N2O3S/c1-3-6-13-12(16)14-9(8-11(15)17-2)10-5-4-7-18-10/h4-5,7,9H,3,6,8H2,1-2H3,(H2,13,14,16). The number of hydrogen-bond acceptors (Lipinski definition) is 4. The maximum atomic E-state index is 11.6. The molecule has 0 bridgehead atoms. The van der Waals surface area contributed by atoms with E-state index in [0.717, 1.165) is 11.3 Å². The van der Waals surface area contributed by atoms with Crippen LogP contribution in [0, 0.1) is 0 Å². The molecule has 0 spiro atoms. The van der Waals surface area contributed by atoms with Crippen molar-refractivity contribution in [2.45, 2.75) is 25.8 Å². The summed E-state index contributed by atoms with van der Waals surface area (Å²) >= 11 is 1.50. The van der Waals surface area contributed by atoms with Crippen LogP contribution in [0.15, 0.2) is 17.5 Å². The highest BCUT2D eigenvalue weighted by Gasteiger charge is 2.19. The minimum Gasteiger partial charge on any atom is -0.469 e. The first-order valence-corrected chi connectivity index (χ1v) is 6.70. The van der Waals surface area contributed by atoms with E-state index in [9.17, 15) is 9.59 Å². The summed E-state index contributed by atoms with van der Waals surface area (Å²) in [5, 5.41) is 7.41. The van der Waals surface area contributed by atoms with Gasteiger partial charge in [0.15, 0.2) is 0 Å². The first kappa shape index (κ1) is 14.5. The molecule has 1 rings (SSSR count). The lowest BCUT2D eigenvalue weighted by Crippen LogP contribution is -2.38. The summed E-state index contributed by atoms with van der Waals surface area (Å²) in [4.78, 5) is 23.9.